The van der Waals surface area contributed by atoms with E-state index in [1.54, 1.807) is 0 Å². The molecule has 2 aliphatic heterocycles. The topological polar surface area (TPSA) is 24.6 Å². The maximum absolute atomic E-state index is 2.68. The molecule has 0 radical (unpaired) electrons. The molecule has 0 saturated heterocycles. The average molecular weight is 1020 g/mol. The van der Waals surface area contributed by atoms with E-state index in [2.05, 4.69) is 278 Å². The molecule has 5 aromatic heterocycles. The Labute approximate surface area is 457 Å². The molecule has 0 unspecified atom stereocenters. The molecule has 79 heavy (non-hydrogen) atoms. The van der Waals surface area contributed by atoms with E-state index in [9.17, 15) is 0 Å². The van der Waals surface area contributed by atoms with Gasteiger partial charge in [-0.15, -0.1) is 0 Å². The number of hydrogen-bond acceptors (Lipinski definition) is 1. The normalized spacial score (nSPS) is 13.0. The van der Waals surface area contributed by atoms with Crippen molar-refractivity contribution in [3.8, 4) is 28.4 Å². The molecule has 7 heterocycles. The van der Waals surface area contributed by atoms with Crippen LogP contribution in [0.25, 0.3) is 137 Å². The van der Waals surface area contributed by atoms with Gasteiger partial charge in [0.25, 0.3) is 0 Å². The third kappa shape index (κ3) is 5.33. The first-order valence-electron chi connectivity index (χ1n) is 27.3. The van der Waals surface area contributed by atoms with Crippen LogP contribution in [0.1, 0.15) is 0 Å². The van der Waals surface area contributed by atoms with Gasteiger partial charge in [-0.3, -0.25) is 0 Å². The van der Waals surface area contributed by atoms with Crippen molar-refractivity contribution in [1.29, 1.82) is 0 Å². The Kier molecular flexibility index (Phi) is 8.22. The number of hydrogen-bond donors (Lipinski definition) is 0. The summed E-state index contributed by atoms with van der Waals surface area (Å²) < 4.78 is 13.1. The SMILES string of the molecule is c1ccc2c(c1)c1ccccc1n2-c1ccc2c(c1)B1c3c(c(-n4c5ccccc5c5ccccc54)c(-n4c5ccccc5c5ccccc54)c(-n4c5ccccc5c5ccccc54)c3-n3c4ccccc4c4cccc1c43)S2. The van der Waals surface area contributed by atoms with E-state index in [1.807, 2.05) is 11.8 Å². The van der Waals surface area contributed by atoms with Crippen LogP contribution >= 0.6 is 11.8 Å². The molecule has 364 valence electrons. The van der Waals surface area contributed by atoms with Crippen molar-refractivity contribution in [2.45, 2.75) is 9.79 Å². The van der Waals surface area contributed by atoms with Crippen LogP contribution in [-0.2, 0) is 0 Å². The molecule has 0 aliphatic carbocycles. The lowest BCUT2D eigenvalue weighted by atomic mass is 9.35. The van der Waals surface area contributed by atoms with Gasteiger partial charge < -0.3 is 22.8 Å². The van der Waals surface area contributed by atoms with Crippen LogP contribution in [0.2, 0.25) is 0 Å². The van der Waals surface area contributed by atoms with Gasteiger partial charge in [-0.2, -0.15) is 0 Å². The van der Waals surface area contributed by atoms with E-state index in [0.717, 1.165) is 39.1 Å². The molecule has 0 atom stereocenters. The summed E-state index contributed by atoms with van der Waals surface area (Å²) in [4.78, 5) is 2.51. The number of nitrogens with zero attached hydrogens (tertiary/aromatic N) is 5. The zero-order chi connectivity index (χ0) is 51.2. The van der Waals surface area contributed by atoms with Gasteiger partial charge in [-0.1, -0.05) is 199 Å². The predicted octanol–water partition coefficient (Wildman–Crippen LogP) is 16.5. The fraction of sp³-hybridized carbons (Fsp3) is 0. The lowest BCUT2D eigenvalue weighted by Gasteiger charge is -2.38. The predicted molar refractivity (Wildman–Crippen MR) is 333 cm³/mol. The summed E-state index contributed by atoms with van der Waals surface area (Å²) in [6.07, 6.45) is 0. The highest BCUT2D eigenvalue weighted by molar-refractivity contribution is 8.00. The van der Waals surface area contributed by atoms with Gasteiger partial charge in [-0.25, -0.2) is 0 Å². The van der Waals surface area contributed by atoms with Crippen LogP contribution in [0.15, 0.2) is 265 Å². The van der Waals surface area contributed by atoms with Gasteiger partial charge in [0.2, 0.25) is 6.71 Å². The van der Waals surface area contributed by atoms with E-state index in [1.165, 1.54) is 125 Å². The third-order valence-corrected chi connectivity index (χ3v) is 18.9. The standard InChI is InChI=1S/C72H42BN5S/c1-10-31-56-44(20-1)45-21-2-11-32-57(45)74(56)43-40-41-65-55(42-43)73-54-30-19-29-53-52-28-9-18-39-64(52)78(67(53)54)68-66(73)72(79-65)71(77-62-37-16-7-26-50(62)51-27-8-17-38-63(51)77)70(76-60-35-14-5-24-48(60)49-25-6-15-36-61(49)76)69(68)75-58-33-12-3-22-46(58)47-23-4-13-34-59(47)75/h1-42H. The van der Waals surface area contributed by atoms with Crippen molar-refractivity contribution in [2.24, 2.45) is 0 Å². The first kappa shape index (κ1) is 42.2. The maximum Gasteiger partial charge on any atom is 0.249 e. The molecule has 19 rings (SSSR count). The minimum Gasteiger partial charge on any atom is -0.309 e. The van der Waals surface area contributed by atoms with Crippen molar-refractivity contribution >= 4 is 144 Å². The van der Waals surface area contributed by atoms with Crippen LogP contribution in [0, 0.1) is 0 Å². The first-order valence-corrected chi connectivity index (χ1v) is 28.1. The summed E-state index contributed by atoms with van der Waals surface area (Å²) in [7, 11) is 0. The van der Waals surface area contributed by atoms with Crippen LogP contribution in [0.3, 0.4) is 0 Å². The molecule has 2 aliphatic rings. The second-order valence-corrected chi connectivity index (χ2v) is 22.5. The van der Waals surface area contributed by atoms with Gasteiger partial charge in [0.05, 0.1) is 72.4 Å². The molecule has 12 aromatic carbocycles. The summed E-state index contributed by atoms with van der Waals surface area (Å²) in [5, 5.41) is 12.4. The minimum absolute atomic E-state index is 0.152. The molecule has 7 heteroatoms. The largest absolute Gasteiger partial charge is 0.309 e. The molecular weight excluding hydrogens is 978 g/mol. The van der Waals surface area contributed by atoms with Gasteiger partial charge >= 0.3 is 0 Å². The highest BCUT2D eigenvalue weighted by Crippen LogP contribution is 2.52. The Morgan fingerprint density at radius 3 is 1.00 bits per heavy atom. The number of fused-ring (bicyclic) bond motifs is 19. The van der Waals surface area contributed by atoms with Crippen molar-refractivity contribution in [3.05, 3.63) is 255 Å². The molecule has 5 nitrogen and oxygen atoms in total. The van der Waals surface area contributed by atoms with Crippen molar-refractivity contribution in [1.82, 2.24) is 22.8 Å². The summed E-state index contributed by atoms with van der Waals surface area (Å²) in [5.74, 6) is 0. The number of para-hydroxylation sites is 10. The average Bonchev–Trinajstić information content (AvgIpc) is 4.15. The second kappa shape index (κ2) is 15.4. The van der Waals surface area contributed by atoms with Crippen LogP contribution < -0.4 is 16.4 Å². The summed E-state index contributed by atoms with van der Waals surface area (Å²) >= 11 is 1.95. The monoisotopic (exact) mass is 1020 g/mol. The van der Waals surface area contributed by atoms with Crippen LogP contribution in [0.5, 0.6) is 0 Å². The number of rotatable bonds is 4. The fourth-order valence-electron chi connectivity index (χ4n) is 14.7. The van der Waals surface area contributed by atoms with Crippen molar-refractivity contribution < 1.29 is 0 Å². The summed E-state index contributed by atoms with van der Waals surface area (Å²) in [5.41, 5.74) is 21.6. The van der Waals surface area contributed by atoms with Gasteiger partial charge in [0, 0.05) is 74.9 Å². The smallest absolute Gasteiger partial charge is 0.249 e. The third-order valence-electron chi connectivity index (χ3n) is 17.7. The van der Waals surface area contributed by atoms with Crippen molar-refractivity contribution in [3.63, 3.8) is 0 Å². The van der Waals surface area contributed by atoms with E-state index in [4.69, 9.17) is 0 Å². The Bertz CT molecular complexity index is 5360. The van der Waals surface area contributed by atoms with E-state index in [-0.39, 0.29) is 6.71 Å². The Morgan fingerprint density at radius 2 is 0.582 bits per heavy atom. The molecule has 0 amide bonds. The van der Waals surface area contributed by atoms with E-state index in [0.29, 0.717) is 0 Å². The maximum atomic E-state index is 2.68. The van der Waals surface area contributed by atoms with Gasteiger partial charge in [-0.05, 0) is 83.7 Å². The van der Waals surface area contributed by atoms with Gasteiger partial charge in [0.1, 0.15) is 0 Å². The zero-order valence-electron chi connectivity index (χ0n) is 42.5. The highest BCUT2D eigenvalue weighted by atomic mass is 32.2. The number of benzene rings is 12. The molecule has 0 saturated carbocycles. The summed E-state index contributed by atoms with van der Waals surface area (Å²) in [6.45, 7) is -0.152. The quantitative estimate of drug-likeness (QED) is 0.161. The van der Waals surface area contributed by atoms with Crippen LogP contribution in [0.4, 0.5) is 0 Å². The highest BCUT2D eigenvalue weighted by Gasteiger charge is 2.45. The lowest BCUT2D eigenvalue weighted by molar-refractivity contribution is 1.00. The molecular formula is C72H42BN5S. The van der Waals surface area contributed by atoms with Crippen LogP contribution in [-0.4, -0.2) is 29.5 Å². The summed E-state index contributed by atoms with van der Waals surface area (Å²) in [6, 6.07) is 95.8. The minimum atomic E-state index is -0.152. The molecule has 0 N–H and O–H groups in total. The van der Waals surface area contributed by atoms with E-state index >= 15 is 0 Å². The van der Waals surface area contributed by atoms with Gasteiger partial charge in [0.15, 0.2) is 0 Å². The Hall–Kier alpha value is -9.95. The Morgan fingerprint density at radius 1 is 0.253 bits per heavy atom. The lowest BCUT2D eigenvalue weighted by Crippen LogP contribution is -2.59. The first-order chi connectivity index (χ1) is 39.3. The van der Waals surface area contributed by atoms with Crippen molar-refractivity contribution in [2.75, 3.05) is 0 Å². The molecule has 0 fully saturated rings. The Balaban J connectivity index is 1.10. The zero-order valence-corrected chi connectivity index (χ0v) is 43.3. The number of aromatic nitrogens is 5. The second-order valence-electron chi connectivity index (χ2n) is 21.5. The van der Waals surface area contributed by atoms with E-state index < -0.39 is 0 Å². The molecule has 0 bridgehead atoms. The fourth-order valence-corrected chi connectivity index (χ4v) is 16.0. The molecule has 0 spiro atoms. The molecule has 17 aromatic rings.